The van der Waals surface area contributed by atoms with Crippen molar-refractivity contribution in [3.63, 3.8) is 0 Å². The Bertz CT molecular complexity index is 770. The SMILES string of the molecule is Fc1ccc(-c2csc(-c3cccc(Br)c3)n2)cc1Br. The largest absolute Gasteiger partial charge is 0.236 e. The van der Waals surface area contributed by atoms with Crippen LogP contribution in [0.2, 0.25) is 0 Å². The van der Waals surface area contributed by atoms with Crippen LogP contribution in [0, 0.1) is 5.82 Å². The quantitative estimate of drug-likeness (QED) is 0.492. The van der Waals surface area contributed by atoms with Gasteiger partial charge in [0.1, 0.15) is 10.8 Å². The van der Waals surface area contributed by atoms with Gasteiger partial charge in [-0.15, -0.1) is 11.3 Å². The molecule has 1 nitrogen and oxygen atoms in total. The molecule has 3 rings (SSSR count). The standard InChI is InChI=1S/C15H8Br2FNS/c16-11-3-1-2-10(6-11)15-19-14(8-20-15)9-4-5-13(18)12(17)7-9/h1-8H. The van der Waals surface area contributed by atoms with Gasteiger partial charge in [-0.2, -0.15) is 0 Å². The highest BCUT2D eigenvalue weighted by Gasteiger charge is 2.08. The Labute approximate surface area is 136 Å². The number of benzene rings is 2. The zero-order valence-corrected chi connectivity index (χ0v) is 14.1. The van der Waals surface area contributed by atoms with Crippen LogP contribution in [0.3, 0.4) is 0 Å². The number of aromatic nitrogens is 1. The highest BCUT2D eigenvalue weighted by atomic mass is 79.9. The summed E-state index contributed by atoms with van der Waals surface area (Å²) in [6.07, 6.45) is 0. The number of hydrogen-bond acceptors (Lipinski definition) is 2. The first-order valence-corrected chi connectivity index (χ1v) is 8.27. The van der Waals surface area contributed by atoms with Crippen LogP contribution in [-0.2, 0) is 0 Å². The van der Waals surface area contributed by atoms with Crippen LogP contribution in [0.25, 0.3) is 21.8 Å². The molecule has 0 unspecified atom stereocenters. The third-order valence-corrected chi connectivity index (χ3v) is 4.78. The highest BCUT2D eigenvalue weighted by molar-refractivity contribution is 9.10. The normalized spacial score (nSPS) is 10.8. The lowest BCUT2D eigenvalue weighted by Crippen LogP contribution is -1.82. The van der Waals surface area contributed by atoms with Gasteiger partial charge >= 0.3 is 0 Å². The molecule has 100 valence electrons. The van der Waals surface area contributed by atoms with Crippen LogP contribution in [-0.4, -0.2) is 4.98 Å². The summed E-state index contributed by atoms with van der Waals surface area (Å²) in [5, 5.41) is 2.93. The molecule has 0 fully saturated rings. The van der Waals surface area contributed by atoms with E-state index >= 15 is 0 Å². The van der Waals surface area contributed by atoms with Crippen molar-refractivity contribution in [2.24, 2.45) is 0 Å². The van der Waals surface area contributed by atoms with E-state index in [9.17, 15) is 4.39 Å². The van der Waals surface area contributed by atoms with Crippen molar-refractivity contribution in [2.75, 3.05) is 0 Å². The van der Waals surface area contributed by atoms with Crippen molar-refractivity contribution < 1.29 is 4.39 Å². The molecule has 0 N–H and O–H groups in total. The number of hydrogen-bond donors (Lipinski definition) is 0. The predicted molar refractivity (Wildman–Crippen MR) is 88.3 cm³/mol. The average molecular weight is 413 g/mol. The fourth-order valence-electron chi connectivity index (χ4n) is 1.82. The van der Waals surface area contributed by atoms with E-state index in [0.29, 0.717) is 4.47 Å². The maximum atomic E-state index is 13.3. The van der Waals surface area contributed by atoms with Crippen LogP contribution < -0.4 is 0 Å². The smallest absolute Gasteiger partial charge is 0.137 e. The fraction of sp³-hybridized carbons (Fsp3) is 0. The average Bonchev–Trinajstić information content (AvgIpc) is 2.92. The molecule has 0 radical (unpaired) electrons. The third kappa shape index (κ3) is 2.85. The summed E-state index contributed by atoms with van der Waals surface area (Å²) >= 11 is 8.23. The first-order chi connectivity index (χ1) is 9.63. The molecule has 0 aliphatic carbocycles. The topological polar surface area (TPSA) is 12.9 Å². The molecule has 0 saturated heterocycles. The van der Waals surface area contributed by atoms with Gasteiger partial charge in [-0.3, -0.25) is 0 Å². The number of halogens is 3. The zero-order valence-electron chi connectivity index (χ0n) is 10.1. The van der Waals surface area contributed by atoms with E-state index in [0.717, 1.165) is 26.3 Å². The lowest BCUT2D eigenvalue weighted by molar-refractivity contribution is 0.621. The first-order valence-electron chi connectivity index (χ1n) is 5.80. The molecular weight excluding hydrogens is 405 g/mol. The lowest BCUT2D eigenvalue weighted by atomic mass is 10.2. The molecule has 0 atom stereocenters. The van der Waals surface area contributed by atoms with Gasteiger partial charge in [-0.05, 0) is 46.3 Å². The van der Waals surface area contributed by atoms with Crippen molar-refractivity contribution in [2.45, 2.75) is 0 Å². The van der Waals surface area contributed by atoms with Gasteiger partial charge in [0, 0.05) is 21.0 Å². The van der Waals surface area contributed by atoms with Crippen molar-refractivity contribution in [3.05, 3.63) is 62.6 Å². The predicted octanol–water partition coefficient (Wildman–Crippen LogP) is 6.14. The van der Waals surface area contributed by atoms with Crippen LogP contribution in [0.15, 0.2) is 56.8 Å². The van der Waals surface area contributed by atoms with E-state index in [1.54, 1.807) is 23.5 Å². The summed E-state index contributed by atoms with van der Waals surface area (Å²) in [7, 11) is 0. The molecule has 2 aromatic carbocycles. The molecule has 1 aromatic heterocycles. The highest BCUT2D eigenvalue weighted by Crippen LogP contribution is 2.31. The summed E-state index contributed by atoms with van der Waals surface area (Å²) < 4.78 is 14.7. The number of rotatable bonds is 2. The zero-order chi connectivity index (χ0) is 14.1. The summed E-state index contributed by atoms with van der Waals surface area (Å²) in [6.45, 7) is 0. The molecule has 0 saturated carbocycles. The molecule has 0 amide bonds. The summed E-state index contributed by atoms with van der Waals surface area (Å²) in [5.74, 6) is -0.267. The Hall–Kier alpha value is -1.04. The Morgan fingerprint density at radius 3 is 2.60 bits per heavy atom. The lowest BCUT2D eigenvalue weighted by Gasteiger charge is -1.99. The monoisotopic (exact) mass is 411 g/mol. The van der Waals surface area contributed by atoms with E-state index in [1.165, 1.54) is 6.07 Å². The molecular formula is C15H8Br2FNS. The second-order valence-electron chi connectivity index (χ2n) is 4.18. The molecule has 1 heterocycles. The maximum Gasteiger partial charge on any atom is 0.137 e. The third-order valence-electron chi connectivity index (χ3n) is 2.79. The molecule has 0 aliphatic rings. The van der Waals surface area contributed by atoms with Gasteiger partial charge in [-0.25, -0.2) is 9.37 Å². The molecule has 0 aliphatic heterocycles. The van der Waals surface area contributed by atoms with Crippen LogP contribution in [0.1, 0.15) is 0 Å². The Morgan fingerprint density at radius 2 is 1.85 bits per heavy atom. The van der Waals surface area contributed by atoms with Gasteiger partial charge in [0.05, 0.1) is 10.2 Å². The molecule has 3 aromatic rings. The Morgan fingerprint density at radius 1 is 1.00 bits per heavy atom. The summed E-state index contributed by atoms with van der Waals surface area (Å²) in [6, 6.07) is 12.9. The van der Waals surface area contributed by atoms with Crippen molar-refractivity contribution in [1.82, 2.24) is 4.98 Å². The van der Waals surface area contributed by atoms with Gasteiger partial charge < -0.3 is 0 Å². The minimum atomic E-state index is -0.267. The van der Waals surface area contributed by atoms with Gasteiger partial charge in [0.2, 0.25) is 0 Å². The van der Waals surface area contributed by atoms with Gasteiger partial charge in [0.25, 0.3) is 0 Å². The van der Waals surface area contributed by atoms with E-state index in [1.807, 2.05) is 29.6 Å². The van der Waals surface area contributed by atoms with Crippen molar-refractivity contribution >= 4 is 43.2 Å². The second kappa shape index (κ2) is 5.76. The molecule has 20 heavy (non-hydrogen) atoms. The molecule has 0 bridgehead atoms. The number of thiazole rings is 1. The van der Waals surface area contributed by atoms with Crippen LogP contribution in [0.5, 0.6) is 0 Å². The van der Waals surface area contributed by atoms with E-state index in [-0.39, 0.29) is 5.82 Å². The van der Waals surface area contributed by atoms with E-state index in [4.69, 9.17) is 0 Å². The Balaban J connectivity index is 1.99. The van der Waals surface area contributed by atoms with Crippen molar-refractivity contribution in [3.8, 4) is 21.8 Å². The summed E-state index contributed by atoms with van der Waals surface area (Å²) in [4.78, 5) is 4.62. The van der Waals surface area contributed by atoms with Gasteiger partial charge in [-0.1, -0.05) is 28.1 Å². The molecule has 0 spiro atoms. The molecule has 5 heteroatoms. The van der Waals surface area contributed by atoms with Crippen molar-refractivity contribution in [1.29, 1.82) is 0 Å². The maximum absolute atomic E-state index is 13.3. The minimum Gasteiger partial charge on any atom is -0.236 e. The van der Waals surface area contributed by atoms with Crippen LogP contribution in [0.4, 0.5) is 4.39 Å². The number of nitrogens with zero attached hydrogens (tertiary/aromatic N) is 1. The van der Waals surface area contributed by atoms with Gasteiger partial charge in [0.15, 0.2) is 0 Å². The second-order valence-corrected chi connectivity index (χ2v) is 6.81. The summed E-state index contributed by atoms with van der Waals surface area (Å²) in [5.41, 5.74) is 2.82. The van der Waals surface area contributed by atoms with Crippen LogP contribution >= 0.6 is 43.2 Å². The minimum absolute atomic E-state index is 0.267. The van der Waals surface area contributed by atoms with E-state index in [2.05, 4.69) is 36.8 Å². The first kappa shape index (κ1) is 13.9. The fourth-order valence-corrected chi connectivity index (χ4v) is 3.42. The Kier molecular flexibility index (Phi) is 4.01. The van der Waals surface area contributed by atoms with E-state index < -0.39 is 0 Å².